The van der Waals surface area contributed by atoms with Gasteiger partial charge in [-0.05, 0) is 19.1 Å². The highest BCUT2D eigenvalue weighted by Crippen LogP contribution is 2.01. The summed E-state index contributed by atoms with van der Waals surface area (Å²) < 4.78 is 24.2. The lowest BCUT2D eigenvalue weighted by atomic mass is 10.4. The molecule has 0 atom stereocenters. The van der Waals surface area contributed by atoms with Crippen LogP contribution in [0.4, 0.5) is 8.78 Å². The molecule has 1 heterocycles. The van der Waals surface area contributed by atoms with Crippen LogP contribution in [-0.2, 0) is 0 Å². The Morgan fingerprint density at radius 1 is 1.18 bits per heavy atom. The first-order chi connectivity index (χ1) is 5.20. The molecule has 0 amide bonds. The molecular weight excluding hydrogens is 148 g/mol. The fourth-order valence-corrected chi connectivity index (χ4v) is 0.508. The fourth-order valence-electron chi connectivity index (χ4n) is 0.508. The van der Waals surface area contributed by atoms with E-state index in [0.717, 1.165) is 6.07 Å². The van der Waals surface area contributed by atoms with Crippen LogP contribution in [0.25, 0.3) is 0 Å². The molecule has 0 N–H and O–H groups in total. The molecule has 0 aliphatic heterocycles. The number of aryl methyl sites for hydroxylation is 1. The average Bonchev–Trinajstić information content (AvgIpc) is 2.02. The predicted molar refractivity (Wildman–Crippen MR) is 40.2 cm³/mol. The normalized spacial score (nSPS) is 8.45. The summed E-state index contributed by atoms with van der Waals surface area (Å²) in [7, 11) is 0. The van der Waals surface area contributed by atoms with Crippen LogP contribution in [0.1, 0.15) is 19.5 Å². The molecule has 0 saturated carbocycles. The topological polar surface area (TPSA) is 12.9 Å². The van der Waals surface area contributed by atoms with E-state index in [1.165, 1.54) is 6.07 Å². The molecule has 0 spiro atoms. The lowest BCUT2D eigenvalue weighted by Gasteiger charge is -1.90. The van der Waals surface area contributed by atoms with E-state index in [0.29, 0.717) is 5.69 Å². The maximum atomic E-state index is 12.1. The van der Waals surface area contributed by atoms with E-state index in [4.69, 9.17) is 0 Å². The molecule has 1 rings (SSSR count). The molecule has 1 nitrogen and oxygen atoms in total. The minimum Gasteiger partial charge on any atom is -0.223 e. The first-order valence-corrected chi connectivity index (χ1v) is 3.49. The van der Waals surface area contributed by atoms with Crippen LogP contribution in [0.5, 0.6) is 0 Å². The number of pyridine rings is 1. The van der Waals surface area contributed by atoms with Gasteiger partial charge in [0.05, 0.1) is 0 Å². The molecule has 0 bridgehead atoms. The van der Waals surface area contributed by atoms with Crippen LogP contribution in [0, 0.1) is 18.7 Å². The standard InChI is InChI=1S/C6H5F2N.C2H6/c1-4-2-3-5(7)6(8)9-4;1-2/h2-3H,1H3;1-2H3. The van der Waals surface area contributed by atoms with Gasteiger partial charge in [0.1, 0.15) is 0 Å². The molecule has 62 valence electrons. The summed E-state index contributed by atoms with van der Waals surface area (Å²) in [4.78, 5) is 3.23. The van der Waals surface area contributed by atoms with Gasteiger partial charge in [0.2, 0.25) is 5.95 Å². The molecule has 0 aromatic carbocycles. The van der Waals surface area contributed by atoms with Gasteiger partial charge in [-0.15, -0.1) is 0 Å². The SMILES string of the molecule is CC.Cc1ccc(F)c(F)n1. The van der Waals surface area contributed by atoms with E-state index in [1.807, 2.05) is 13.8 Å². The maximum Gasteiger partial charge on any atom is 0.249 e. The largest absolute Gasteiger partial charge is 0.249 e. The molecular formula is C8H11F2N. The van der Waals surface area contributed by atoms with Gasteiger partial charge >= 0.3 is 0 Å². The van der Waals surface area contributed by atoms with Gasteiger partial charge in [-0.2, -0.15) is 4.39 Å². The molecule has 0 unspecified atom stereocenters. The third-order valence-electron chi connectivity index (χ3n) is 0.942. The number of hydrogen-bond donors (Lipinski definition) is 0. The monoisotopic (exact) mass is 159 g/mol. The molecule has 11 heavy (non-hydrogen) atoms. The Kier molecular flexibility index (Phi) is 4.34. The minimum atomic E-state index is -1.03. The quantitative estimate of drug-likeness (QED) is 0.530. The van der Waals surface area contributed by atoms with Crippen molar-refractivity contribution in [2.75, 3.05) is 0 Å². The highest BCUT2D eigenvalue weighted by atomic mass is 19.2. The van der Waals surface area contributed by atoms with Crippen LogP contribution in [-0.4, -0.2) is 4.98 Å². The van der Waals surface area contributed by atoms with Crippen molar-refractivity contribution in [3.05, 3.63) is 29.6 Å². The highest BCUT2D eigenvalue weighted by molar-refractivity contribution is 5.04. The van der Waals surface area contributed by atoms with Crippen LogP contribution in [0.3, 0.4) is 0 Å². The van der Waals surface area contributed by atoms with Crippen molar-refractivity contribution in [1.29, 1.82) is 0 Å². The highest BCUT2D eigenvalue weighted by Gasteiger charge is 1.99. The van der Waals surface area contributed by atoms with Crippen LogP contribution >= 0.6 is 0 Å². The van der Waals surface area contributed by atoms with Gasteiger partial charge in [-0.1, -0.05) is 13.8 Å². The molecule has 0 aliphatic carbocycles. The Morgan fingerprint density at radius 2 is 1.73 bits per heavy atom. The molecule has 1 aromatic heterocycles. The zero-order chi connectivity index (χ0) is 8.85. The lowest BCUT2D eigenvalue weighted by Crippen LogP contribution is -1.89. The summed E-state index contributed by atoms with van der Waals surface area (Å²) in [6.07, 6.45) is 0. The van der Waals surface area contributed by atoms with Crippen molar-refractivity contribution < 1.29 is 8.78 Å². The van der Waals surface area contributed by atoms with E-state index in [-0.39, 0.29) is 0 Å². The van der Waals surface area contributed by atoms with Crippen molar-refractivity contribution in [3.63, 3.8) is 0 Å². The van der Waals surface area contributed by atoms with Gasteiger partial charge in [0.15, 0.2) is 5.82 Å². The number of hydrogen-bond acceptors (Lipinski definition) is 1. The molecule has 3 heteroatoms. The average molecular weight is 159 g/mol. The van der Waals surface area contributed by atoms with Crippen molar-refractivity contribution in [2.45, 2.75) is 20.8 Å². The van der Waals surface area contributed by atoms with Crippen molar-refractivity contribution in [1.82, 2.24) is 4.98 Å². The molecule has 0 aliphatic rings. The number of rotatable bonds is 0. The molecule has 0 fully saturated rings. The smallest absolute Gasteiger partial charge is 0.223 e. The zero-order valence-electron chi connectivity index (χ0n) is 6.86. The Bertz CT molecular complexity index is 223. The fraction of sp³-hybridized carbons (Fsp3) is 0.375. The Labute approximate surface area is 65.1 Å². The van der Waals surface area contributed by atoms with Gasteiger partial charge in [0.25, 0.3) is 0 Å². The summed E-state index contributed by atoms with van der Waals surface area (Å²) in [5.74, 6) is -1.93. The van der Waals surface area contributed by atoms with Gasteiger partial charge in [-0.3, -0.25) is 0 Å². The Morgan fingerprint density at radius 3 is 2.09 bits per heavy atom. The van der Waals surface area contributed by atoms with Crippen molar-refractivity contribution >= 4 is 0 Å². The summed E-state index contributed by atoms with van der Waals surface area (Å²) in [5.41, 5.74) is 0.480. The van der Waals surface area contributed by atoms with E-state index >= 15 is 0 Å². The number of aromatic nitrogens is 1. The molecule has 0 saturated heterocycles. The molecule has 1 aromatic rings. The minimum absolute atomic E-state index is 0.480. The summed E-state index contributed by atoms with van der Waals surface area (Å²) in [6, 6.07) is 2.47. The second kappa shape index (κ2) is 4.77. The van der Waals surface area contributed by atoms with Crippen molar-refractivity contribution in [2.24, 2.45) is 0 Å². The first kappa shape index (κ1) is 10.0. The second-order valence-corrected chi connectivity index (χ2v) is 1.73. The van der Waals surface area contributed by atoms with E-state index in [9.17, 15) is 8.78 Å². The zero-order valence-corrected chi connectivity index (χ0v) is 6.86. The summed E-state index contributed by atoms with van der Waals surface area (Å²) in [6.45, 7) is 5.60. The third kappa shape index (κ3) is 3.07. The van der Waals surface area contributed by atoms with Gasteiger partial charge in [0, 0.05) is 5.69 Å². The Hall–Kier alpha value is -0.990. The second-order valence-electron chi connectivity index (χ2n) is 1.73. The predicted octanol–water partition coefficient (Wildman–Crippen LogP) is 2.69. The summed E-state index contributed by atoms with van der Waals surface area (Å²) >= 11 is 0. The van der Waals surface area contributed by atoms with Crippen LogP contribution in [0.15, 0.2) is 12.1 Å². The summed E-state index contributed by atoms with van der Waals surface area (Å²) in [5, 5.41) is 0. The lowest BCUT2D eigenvalue weighted by molar-refractivity contribution is 0.477. The van der Waals surface area contributed by atoms with E-state index < -0.39 is 11.8 Å². The van der Waals surface area contributed by atoms with Gasteiger partial charge in [-0.25, -0.2) is 9.37 Å². The Balaban J connectivity index is 0.000000461. The van der Waals surface area contributed by atoms with Crippen molar-refractivity contribution in [3.8, 4) is 0 Å². The van der Waals surface area contributed by atoms with E-state index in [2.05, 4.69) is 4.98 Å². The van der Waals surface area contributed by atoms with Crippen LogP contribution < -0.4 is 0 Å². The third-order valence-corrected chi connectivity index (χ3v) is 0.942. The van der Waals surface area contributed by atoms with Crippen LogP contribution in [0.2, 0.25) is 0 Å². The van der Waals surface area contributed by atoms with Gasteiger partial charge < -0.3 is 0 Å². The number of halogens is 2. The van der Waals surface area contributed by atoms with E-state index in [1.54, 1.807) is 6.92 Å². The number of nitrogens with zero attached hydrogens (tertiary/aromatic N) is 1. The first-order valence-electron chi connectivity index (χ1n) is 3.49. The molecule has 0 radical (unpaired) electrons. The maximum absolute atomic E-state index is 12.1.